The van der Waals surface area contributed by atoms with Crippen LogP contribution in [0.5, 0.6) is 0 Å². The van der Waals surface area contributed by atoms with Gasteiger partial charge in [-0.05, 0) is 57.5 Å². The quantitative estimate of drug-likeness (QED) is 0.778. The Morgan fingerprint density at radius 3 is 2.67 bits per heavy atom. The van der Waals surface area contributed by atoms with Gasteiger partial charge in [-0.1, -0.05) is 0 Å². The first-order valence-corrected chi connectivity index (χ1v) is 6.77. The molecule has 4 nitrogen and oxygen atoms in total. The second kappa shape index (κ2) is 7.11. The van der Waals surface area contributed by atoms with Gasteiger partial charge < -0.3 is 10.2 Å². The molecule has 1 N–H and O–H groups in total. The Hall–Kier alpha value is -1.42. The second-order valence-electron chi connectivity index (χ2n) is 4.75. The number of aromatic nitrogens is 1. The molecule has 1 aromatic heterocycles. The van der Waals surface area contributed by atoms with Crippen LogP contribution in [0.2, 0.25) is 0 Å². The van der Waals surface area contributed by atoms with E-state index in [0.717, 1.165) is 19.4 Å². The zero-order chi connectivity index (χ0) is 12.6. The van der Waals surface area contributed by atoms with Gasteiger partial charge in [0.05, 0.1) is 0 Å². The molecular formula is C14H21N3O. The van der Waals surface area contributed by atoms with Crippen LogP contribution in [-0.4, -0.2) is 42.0 Å². The van der Waals surface area contributed by atoms with Crippen LogP contribution < -0.4 is 5.32 Å². The van der Waals surface area contributed by atoms with Crippen molar-refractivity contribution >= 4 is 5.91 Å². The second-order valence-corrected chi connectivity index (χ2v) is 4.75. The number of carbonyl (C=O) groups is 1. The molecule has 1 aliphatic heterocycles. The molecule has 0 spiro atoms. The number of nitrogens with one attached hydrogen (secondary N) is 1. The molecule has 2 heterocycles. The fraction of sp³-hybridized carbons (Fsp3) is 0.571. The Morgan fingerprint density at radius 1 is 1.22 bits per heavy atom. The number of amides is 1. The molecule has 1 saturated heterocycles. The Bertz CT molecular complexity index is 361. The number of carbonyl (C=O) groups excluding carboxylic acids is 1. The lowest BCUT2D eigenvalue weighted by Gasteiger charge is -2.13. The third-order valence-electron chi connectivity index (χ3n) is 3.33. The molecule has 1 amide bonds. The highest BCUT2D eigenvalue weighted by atomic mass is 16.1. The highest BCUT2D eigenvalue weighted by molar-refractivity contribution is 5.93. The fourth-order valence-electron chi connectivity index (χ4n) is 2.27. The van der Waals surface area contributed by atoms with Gasteiger partial charge in [-0.15, -0.1) is 0 Å². The summed E-state index contributed by atoms with van der Waals surface area (Å²) < 4.78 is 0. The van der Waals surface area contributed by atoms with Gasteiger partial charge in [0.2, 0.25) is 0 Å². The summed E-state index contributed by atoms with van der Waals surface area (Å²) in [5.74, 6) is -0.00132. The van der Waals surface area contributed by atoms with E-state index in [-0.39, 0.29) is 5.91 Å². The van der Waals surface area contributed by atoms with Gasteiger partial charge in [0.1, 0.15) is 0 Å². The van der Waals surface area contributed by atoms with E-state index in [9.17, 15) is 4.79 Å². The van der Waals surface area contributed by atoms with Crippen molar-refractivity contribution < 1.29 is 4.79 Å². The molecule has 1 aliphatic rings. The van der Waals surface area contributed by atoms with Crippen LogP contribution in [0, 0.1) is 0 Å². The standard InChI is InChI=1S/C14H21N3O/c18-14(13-5-8-15-9-6-13)16-7-1-2-10-17-11-3-4-12-17/h5-6,8-9H,1-4,7,10-12H2,(H,16,18). The first-order valence-electron chi connectivity index (χ1n) is 6.77. The monoisotopic (exact) mass is 247 g/mol. The van der Waals surface area contributed by atoms with Gasteiger partial charge in [-0.2, -0.15) is 0 Å². The topological polar surface area (TPSA) is 45.2 Å². The Kier molecular flexibility index (Phi) is 5.15. The van der Waals surface area contributed by atoms with Crippen LogP contribution in [-0.2, 0) is 0 Å². The summed E-state index contributed by atoms with van der Waals surface area (Å²) in [6.07, 6.45) is 8.19. The lowest BCUT2D eigenvalue weighted by molar-refractivity contribution is 0.0952. The molecule has 0 unspecified atom stereocenters. The Morgan fingerprint density at radius 2 is 1.94 bits per heavy atom. The van der Waals surface area contributed by atoms with Crippen LogP contribution >= 0.6 is 0 Å². The Balaban J connectivity index is 1.56. The summed E-state index contributed by atoms with van der Waals surface area (Å²) in [5, 5.41) is 2.94. The minimum Gasteiger partial charge on any atom is -0.352 e. The van der Waals surface area contributed by atoms with Crippen molar-refractivity contribution in [2.24, 2.45) is 0 Å². The Labute approximate surface area is 108 Å². The maximum absolute atomic E-state index is 11.7. The molecule has 0 aliphatic carbocycles. The van der Waals surface area contributed by atoms with E-state index in [4.69, 9.17) is 0 Å². The van der Waals surface area contributed by atoms with E-state index in [1.807, 2.05) is 0 Å². The molecule has 2 rings (SSSR count). The molecule has 18 heavy (non-hydrogen) atoms. The van der Waals surface area contributed by atoms with E-state index in [0.29, 0.717) is 5.56 Å². The van der Waals surface area contributed by atoms with E-state index in [1.165, 1.54) is 32.5 Å². The van der Waals surface area contributed by atoms with E-state index >= 15 is 0 Å². The zero-order valence-corrected chi connectivity index (χ0v) is 10.8. The summed E-state index contributed by atoms with van der Waals surface area (Å²) in [4.78, 5) is 18.1. The molecule has 0 atom stereocenters. The maximum atomic E-state index is 11.7. The lowest BCUT2D eigenvalue weighted by Crippen LogP contribution is -2.26. The normalized spacial score (nSPS) is 15.8. The number of nitrogens with zero attached hydrogens (tertiary/aromatic N) is 2. The zero-order valence-electron chi connectivity index (χ0n) is 10.8. The highest BCUT2D eigenvalue weighted by Crippen LogP contribution is 2.07. The van der Waals surface area contributed by atoms with Crippen molar-refractivity contribution in [3.8, 4) is 0 Å². The minimum absolute atomic E-state index is 0.00132. The predicted molar refractivity (Wildman–Crippen MR) is 71.5 cm³/mol. The van der Waals surface area contributed by atoms with E-state index < -0.39 is 0 Å². The number of hydrogen-bond acceptors (Lipinski definition) is 3. The molecule has 0 saturated carbocycles. The molecule has 0 radical (unpaired) electrons. The van der Waals surface area contributed by atoms with Gasteiger partial charge in [0.15, 0.2) is 0 Å². The maximum Gasteiger partial charge on any atom is 0.251 e. The number of hydrogen-bond donors (Lipinski definition) is 1. The molecular weight excluding hydrogens is 226 g/mol. The number of rotatable bonds is 6. The summed E-state index contributed by atoms with van der Waals surface area (Å²) in [7, 11) is 0. The summed E-state index contributed by atoms with van der Waals surface area (Å²) >= 11 is 0. The molecule has 1 aromatic rings. The van der Waals surface area contributed by atoms with Gasteiger partial charge in [-0.3, -0.25) is 9.78 Å². The summed E-state index contributed by atoms with van der Waals surface area (Å²) in [5.41, 5.74) is 0.685. The molecule has 4 heteroatoms. The van der Waals surface area contributed by atoms with Crippen molar-refractivity contribution in [1.82, 2.24) is 15.2 Å². The first-order chi connectivity index (χ1) is 8.86. The van der Waals surface area contributed by atoms with Gasteiger partial charge in [0, 0.05) is 24.5 Å². The van der Waals surface area contributed by atoms with Crippen molar-refractivity contribution in [2.45, 2.75) is 25.7 Å². The van der Waals surface area contributed by atoms with E-state index in [1.54, 1.807) is 24.5 Å². The molecule has 0 aromatic carbocycles. The number of unbranched alkanes of at least 4 members (excludes halogenated alkanes) is 1. The van der Waals surface area contributed by atoms with Gasteiger partial charge >= 0.3 is 0 Å². The lowest BCUT2D eigenvalue weighted by atomic mass is 10.2. The number of pyridine rings is 1. The van der Waals surface area contributed by atoms with Crippen molar-refractivity contribution in [3.05, 3.63) is 30.1 Å². The predicted octanol–water partition coefficient (Wildman–Crippen LogP) is 1.69. The van der Waals surface area contributed by atoms with Crippen molar-refractivity contribution in [3.63, 3.8) is 0 Å². The third-order valence-corrected chi connectivity index (χ3v) is 3.33. The summed E-state index contributed by atoms with van der Waals surface area (Å²) in [6.45, 7) is 4.44. The smallest absolute Gasteiger partial charge is 0.251 e. The van der Waals surface area contributed by atoms with Gasteiger partial charge in [-0.25, -0.2) is 0 Å². The van der Waals surface area contributed by atoms with Crippen LogP contribution in [0.1, 0.15) is 36.0 Å². The average Bonchev–Trinajstić information content (AvgIpc) is 2.92. The van der Waals surface area contributed by atoms with Crippen molar-refractivity contribution in [2.75, 3.05) is 26.2 Å². The highest BCUT2D eigenvalue weighted by Gasteiger charge is 2.10. The molecule has 0 bridgehead atoms. The van der Waals surface area contributed by atoms with Crippen molar-refractivity contribution in [1.29, 1.82) is 0 Å². The molecule has 1 fully saturated rings. The van der Waals surface area contributed by atoms with Gasteiger partial charge in [0.25, 0.3) is 5.91 Å². The minimum atomic E-state index is -0.00132. The summed E-state index contributed by atoms with van der Waals surface area (Å²) in [6, 6.07) is 3.47. The number of likely N-dealkylation sites (tertiary alicyclic amines) is 1. The average molecular weight is 247 g/mol. The van der Waals surface area contributed by atoms with Crippen LogP contribution in [0.15, 0.2) is 24.5 Å². The van der Waals surface area contributed by atoms with Crippen LogP contribution in [0.25, 0.3) is 0 Å². The largest absolute Gasteiger partial charge is 0.352 e. The third kappa shape index (κ3) is 4.11. The van der Waals surface area contributed by atoms with Crippen LogP contribution in [0.4, 0.5) is 0 Å². The molecule has 98 valence electrons. The first kappa shape index (κ1) is 13.0. The SMILES string of the molecule is O=C(NCCCCN1CCCC1)c1ccncc1. The van der Waals surface area contributed by atoms with E-state index in [2.05, 4.69) is 15.2 Å². The van der Waals surface area contributed by atoms with Crippen LogP contribution in [0.3, 0.4) is 0 Å². The fourth-order valence-corrected chi connectivity index (χ4v) is 2.27.